The molecule has 0 amide bonds. The molecule has 0 aliphatic carbocycles. The first-order valence-corrected chi connectivity index (χ1v) is 27.2. The standard InChI is InChI=1S/C74H53N5/c1-74(2,3)51-42-43-71-59(46-51)56-32-14-23-41-70(56)79(71)72-60(57-33-15-21-39-68(57)77-64-35-17-10-28-52(64)53-29-11-18-36-65(53)77)44-50(63-47-62(48-24-6-4-7-25-48)75-73(76-63)49-26-8-5-9-27-49)45-61(72)58-34-16-22-40-69(58)78-66-37-19-12-30-54(66)55-31-13-20-38-67(55)78/h4-47H,1-3H3. The van der Waals surface area contributed by atoms with Crippen molar-refractivity contribution < 1.29 is 0 Å². The highest BCUT2D eigenvalue weighted by Gasteiger charge is 2.28. The fourth-order valence-electron chi connectivity index (χ4n) is 12.3. The maximum Gasteiger partial charge on any atom is 0.160 e. The van der Waals surface area contributed by atoms with Crippen molar-refractivity contribution in [1.29, 1.82) is 0 Å². The molecule has 5 heteroatoms. The number of hydrogen-bond donors (Lipinski definition) is 0. The molecular formula is C74H53N5. The van der Waals surface area contributed by atoms with Gasteiger partial charge < -0.3 is 13.7 Å². The minimum Gasteiger partial charge on any atom is -0.309 e. The molecule has 0 atom stereocenters. The molecule has 11 aromatic carbocycles. The summed E-state index contributed by atoms with van der Waals surface area (Å²) in [6.45, 7) is 6.91. The van der Waals surface area contributed by atoms with Gasteiger partial charge in [-0.25, -0.2) is 9.97 Å². The van der Waals surface area contributed by atoms with Crippen LogP contribution in [0, 0.1) is 0 Å². The third-order valence-corrected chi connectivity index (χ3v) is 16.0. The summed E-state index contributed by atoms with van der Waals surface area (Å²) in [5.41, 5.74) is 20.2. The maximum absolute atomic E-state index is 5.57. The summed E-state index contributed by atoms with van der Waals surface area (Å²) >= 11 is 0. The van der Waals surface area contributed by atoms with E-state index in [2.05, 4.69) is 295 Å². The van der Waals surface area contributed by atoms with E-state index in [9.17, 15) is 0 Å². The second-order valence-corrected chi connectivity index (χ2v) is 21.7. The third-order valence-electron chi connectivity index (χ3n) is 16.0. The first-order valence-electron chi connectivity index (χ1n) is 27.2. The summed E-state index contributed by atoms with van der Waals surface area (Å²) in [5, 5.41) is 7.26. The van der Waals surface area contributed by atoms with E-state index in [1.54, 1.807) is 0 Å². The maximum atomic E-state index is 5.57. The van der Waals surface area contributed by atoms with Gasteiger partial charge in [-0.3, -0.25) is 0 Å². The van der Waals surface area contributed by atoms with E-state index < -0.39 is 0 Å². The first kappa shape index (κ1) is 46.2. The topological polar surface area (TPSA) is 40.6 Å². The molecule has 374 valence electrons. The zero-order chi connectivity index (χ0) is 52.8. The zero-order valence-electron chi connectivity index (χ0n) is 44.1. The lowest BCUT2D eigenvalue weighted by atomic mass is 9.86. The predicted molar refractivity (Wildman–Crippen MR) is 331 cm³/mol. The molecule has 0 aliphatic heterocycles. The normalized spacial score (nSPS) is 12.0. The van der Waals surface area contributed by atoms with Gasteiger partial charge in [0.25, 0.3) is 0 Å². The summed E-state index contributed by atoms with van der Waals surface area (Å²) in [6.07, 6.45) is 0. The van der Waals surface area contributed by atoms with Crippen LogP contribution in [0.15, 0.2) is 267 Å². The van der Waals surface area contributed by atoms with Gasteiger partial charge in [-0.15, -0.1) is 0 Å². The number of rotatable bonds is 8. The van der Waals surface area contributed by atoms with Crippen LogP contribution in [0.3, 0.4) is 0 Å². The summed E-state index contributed by atoms with van der Waals surface area (Å²) in [5.74, 6) is 0.664. The molecular weight excluding hydrogens is 959 g/mol. The minimum absolute atomic E-state index is 0.0629. The van der Waals surface area contributed by atoms with Crippen molar-refractivity contribution in [3.63, 3.8) is 0 Å². The number of nitrogens with zero attached hydrogens (tertiary/aromatic N) is 5. The van der Waals surface area contributed by atoms with E-state index in [1.807, 2.05) is 6.07 Å². The molecule has 0 saturated heterocycles. The Morgan fingerprint density at radius 2 is 0.646 bits per heavy atom. The molecule has 4 heterocycles. The summed E-state index contributed by atoms with van der Waals surface area (Å²) in [6, 6.07) is 97.2. The van der Waals surface area contributed by atoms with Gasteiger partial charge in [0, 0.05) is 71.3 Å². The molecule has 0 aliphatic rings. The van der Waals surface area contributed by atoms with Crippen molar-refractivity contribution >= 4 is 65.4 Å². The monoisotopic (exact) mass is 1010 g/mol. The van der Waals surface area contributed by atoms with Gasteiger partial charge in [-0.2, -0.15) is 0 Å². The number of hydrogen-bond acceptors (Lipinski definition) is 2. The molecule has 0 radical (unpaired) electrons. The van der Waals surface area contributed by atoms with E-state index in [0.29, 0.717) is 5.82 Å². The van der Waals surface area contributed by atoms with Crippen LogP contribution in [0.25, 0.3) is 139 Å². The molecule has 4 aromatic heterocycles. The van der Waals surface area contributed by atoms with Crippen LogP contribution < -0.4 is 0 Å². The Labute approximate surface area is 458 Å². The van der Waals surface area contributed by atoms with Gasteiger partial charge in [-0.05, 0) is 83.8 Å². The van der Waals surface area contributed by atoms with Crippen molar-refractivity contribution in [1.82, 2.24) is 23.7 Å². The van der Waals surface area contributed by atoms with Crippen LogP contribution >= 0.6 is 0 Å². The largest absolute Gasteiger partial charge is 0.309 e. The van der Waals surface area contributed by atoms with Crippen molar-refractivity contribution in [2.75, 3.05) is 0 Å². The van der Waals surface area contributed by atoms with Crippen LogP contribution in [0.2, 0.25) is 0 Å². The van der Waals surface area contributed by atoms with Crippen molar-refractivity contribution in [3.8, 4) is 73.2 Å². The van der Waals surface area contributed by atoms with E-state index in [-0.39, 0.29) is 5.41 Å². The highest BCUT2D eigenvalue weighted by atomic mass is 15.0. The van der Waals surface area contributed by atoms with E-state index in [4.69, 9.17) is 9.97 Å². The fourth-order valence-corrected chi connectivity index (χ4v) is 12.3. The quantitative estimate of drug-likeness (QED) is 0.152. The lowest BCUT2D eigenvalue weighted by Gasteiger charge is -2.25. The molecule has 0 spiro atoms. The van der Waals surface area contributed by atoms with Crippen molar-refractivity contribution in [2.24, 2.45) is 0 Å². The number of benzene rings is 11. The molecule has 0 unspecified atom stereocenters. The Kier molecular flexibility index (Phi) is 10.7. The van der Waals surface area contributed by atoms with Crippen molar-refractivity contribution in [2.45, 2.75) is 26.2 Å². The molecule has 0 fully saturated rings. The molecule has 0 N–H and O–H groups in total. The third kappa shape index (κ3) is 7.53. The second kappa shape index (κ2) is 18.3. The SMILES string of the molecule is CC(C)(C)c1ccc2c(c1)c1ccccc1n2-c1c(-c2ccccc2-n2c3ccccc3c3ccccc32)cc(-c2cc(-c3ccccc3)nc(-c3ccccc3)n2)cc1-c1ccccc1-n1c2ccccc2c2ccccc21. The van der Waals surface area contributed by atoms with Gasteiger partial charge in [0.05, 0.1) is 61.6 Å². The highest BCUT2D eigenvalue weighted by Crippen LogP contribution is 2.49. The van der Waals surface area contributed by atoms with Crippen LogP contribution in [0.4, 0.5) is 0 Å². The van der Waals surface area contributed by atoms with Gasteiger partial charge in [0.15, 0.2) is 5.82 Å². The average Bonchev–Trinajstić information content (AvgIpc) is 4.29. The molecule has 79 heavy (non-hydrogen) atoms. The van der Waals surface area contributed by atoms with Crippen LogP contribution in [0.1, 0.15) is 26.3 Å². The molecule has 5 nitrogen and oxygen atoms in total. The lowest BCUT2D eigenvalue weighted by molar-refractivity contribution is 0.591. The van der Waals surface area contributed by atoms with Crippen LogP contribution in [0.5, 0.6) is 0 Å². The van der Waals surface area contributed by atoms with Gasteiger partial charge in [-0.1, -0.05) is 215 Å². The second-order valence-electron chi connectivity index (χ2n) is 21.7. The lowest BCUT2D eigenvalue weighted by Crippen LogP contribution is -2.10. The van der Waals surface area contributed by atoms with E-state index >= 15 is 0 Å². The Morgan fingerprint density at radius 3 is 1.11 bits per heavy atom. The van der Waals surface area contributed by atoms with Crippen LogP contribution in [-0.2, 0) is 5.41 Å². The Balaban J connectivity index is 1.14. The van der Waals surface area contributed by atoms with Crippen molar-refractivity contribution in [3.05, 3.63) is 272 Å². The summed E-state index contributed by atoms with van der Waals surface area (Å²) in [7, 11) is 0. The Hall–Kier alpha value is -10.1. The highest BCUT2D eigenvalue weighted by molar-refractivity contribution is 6.14. The average molecular weight is 1010 g/mol. The number of aromatic nitrogens is 5. The minimum atomic E-state index is -0.0629. The predicted octanol–water partition coefficient (Wildman–Crippen LogP) is 19.4. The summed E-state index contributed by atoms with van der Waals surface area (Å²) in [4.78, 5) is 10.9. The first-order chi connectivity index (χ1) is 38.9. The van der Waals surface area contributed by atoms with E-state index in [1.165, 1.54) is 37.9 Å². The van der Waals surface area contributed by atoms with Gasteiger partial charge >= 0.3 is 0 Å². The van der Waals surface area contributed by atoms with E-state index in [0.717, 1.165) is 100 Å². The molecule has 0 saturated carbocycles. The number of para-hydroxylation sites is 7. The Bertz CT molecular complexity index is 4530. The van der Waals surface area contributed by atoms with Gasteiger partial charge in [0.2, 0.25) is 0 Å². The smallest absolute Gasteiger partial charge is 0.160 e. The molecule has 0 bridgehead atoms. The molecule has 15 rings (SSSR count). The van der Waals surface area contributed by atoms with Gasteiger partial charge in [0.1, 0.15) is 0 Å². The van der Waals surface area contributed by atoms with Crippen LogP contribution in [-0.4, -0.2) is 23.7 Å². The fraction of sp³-hybridized carbons (Fsp3) is 0.0541. The molecule has 15 aromatic rings. The zero-order valence-corrected chi connectivity index (χ0v) is 44.1. The number of fused-ring (bicyclic) bond motifs is 9. The summed E-state index contributed by atoms with van der Waals surface area (Å²) < 4.78 is 7.49. The Morgan fingerprint density at radius 1 is 0.278 bits per heavy atom.